The van der Waals surface area contributed by atoms with Gasteiger partial charge in [-0.1, -0.05) is 199 Å². The van der Waals surface area contributed by atoms with Gasteiger partial charge < -0.3 is 20.1 Å². The van der Waals surface area contributed by atoms with Crippen LogP contribution >= 0.6 is 7.82 Å². The summed E-state index contributed by atoms with van der Waals surface area (Å²) in [6, 6.07) is 0. The van der Waals surface area contributed by atoms with Gasteiger partial charge >= 0.3 is 19.8 Å². The average molecular weight is 828 g/mol. The van der Waals surface area contributed by atoms with E-state index in [0.717, 1.165) is 57.8 Å². The Kier molecular flexibility index (Phi) is 42.9. The van der Waals surface area contributed by atoms with Gasteiger partial charge in [0.05, 0.1) is 13.2 Å². The summed E-state index contributed by atoms with van der Waals surface area (Å²) >= 11 is 0. The molecular formula is C47H90NO8P. The van der Waals surface area contributed by atoms with Crippen LogP contribution < -0.4 is 5.73 Å². The van der Waals surface area contributed by atoms with Crippen molar-refractivity contribution in [1.82, 2.24) is 0 Å². The Hall–Kier alpha value is -1.51. The van der Waals surface area contributed by atoms with Gasteiger partial charge in [0.1, 0.15) is 6.61 Å². The number of phosphoric acid groups is 1. The zero-order valence-corrected chi connectivity index (χ0v) is 38.0. The molecule has 2 atom stereocenters. The Bertz CT molecular complexity index is 990. The van der Waals surface area contributed by atoms with Gasteiger partial charge in [-0.2, -0.15) is 0 Å². The van der Waals surface area contributed by atoms with Crippen LogP contribution in [-0.2, 0) is 32.7 Å². The molecule has 0 radical (unpaired) electrons. The topological polar surface area (TPSA) is 134 Å². The summed E-state index contributed by atoms with van der Waals surface area (Å²) < 4.78 is 32.8. The predicted molar refractivity (Wildman–Crippen MR) is 238 cm³/mol. The second-order valence-electron chi connectivity index (χ2n) is 16.0. The monoisotopic (exact) mass is 828 g/mol. The third kappa shape index (κ3) is 43.9. The molecule has 0 rings (SSSR count). The first kappa shape index (κ1) is 55.5. The molecule has 0 aromatic heterocycles. The Morgan fingerprint density at radius 2 is 0.912 bits per heavy atom. The molecule has 0 aromatic rings. The number of hydrogen-bond acceptors (Lipinski definition) is 8. The molecule has 3 N–H and O–H groups in total. The van der Waals surface area contributed by atoms with E-state index in [9.17, 15) is 19.0 Å². The Balaban J connectivity index is 4.05. The lowest BCUT2D eigenvalue weighted by molar-refractivity contribution is -0.161. The number of allylic oxidation sites excluding steroid dienone is 4. The van der Waals surface area contributed by atoms with E-state index in [1.165, 1.54) is 141 Å². The third-order valence-corrected chi connectivity index (χ3v) is 11.3. The summed E-state index contributed by atoms with van der Waals surface area (Å²) in [7, 11) is -4.38. The van der Waals surface area contributed by atoms with Gasteiger partial charge in [0.2, 0.25) is 0 Å². The highest BCUT2D eigenvalue weighted by atomic mass is 31.2. The van der Waals surface area contributed by atoms with E-state index in [-0.39, 0.29) is 38.6 Å². The van der Waals surface area contributed by atoms with E-state index in [1.54, 1.807) is 0 Å². The minimum absolute atomic E-state index is 0.0526. The van der Waals surface area contributed by atoms with Crippen LogP contribution in [0.3, 0.4) is 0 Å². The highest BCUT2D eigenvalue weighted by Crippen LogP contribution is 2.43. The average Bonchev–Trinajstić information content (AvgIpc) is 3.20. The number of ether oxygens (including phenoxy) is 2. The van der Waals surface area contributed by atoms with E-state index in [2.05, 4.69) is 38.2 Å². The van der Waals surface area contributed by atoms with Crippen molar-refractivity contribution < 1.29 is 37.6 Å². The van der Waals surface area contributed by atoms with E-state index in [0.29, 0.717) is 6.42 Å². The zero-order valence-electron chi connectivity index (χ0n) is 37.1. The first-order valence-electron chi connectivity index (χ1n) is 23.8. The standard InChI is InChI=1S/C47H90NO8P/c1-3-5-7-9-11-13-15-17-19-20-21-22-23-24-26-27-29-31-33-35-37-39-46(49)53-43-45(44-55-57(51,52)54-42-41-48)56-47(50)40-38-36-34-32-30-28-25-18-16-14-12-10-8-6-4-2/h12,14,18,25,45H,3-11,13,15-17,19-24,26-44,48H2,1-2H3,(H,51,52). The maximum Gasteiger partial charge on any atom is 0.472 e. The Labute approximate surface area is 351 Å². The maximum atomic E-state index is 12.6. The zero-order chi connectivity index (χ0) is 41.8. The molecule has 0 fully saturated rings. The fourth-order valence-corrected chi connectivity index (χ4v) is 7.55. The van der Waals surface area contributed by atoms with Gasteiger partial charge in [-0.05, 0) is 44.9 Å². The van der Waals surface area contributed by atoms with Crippen LogP contribution in [0.15, 0.2) is 24.3 Å². The normalized spacial score (nSPS) is 13.4. The summed E-state index contributed by atoms with van der Waals surface area (Å²) in [5.74, 6) is -0.834. The predicted octanol–water partition coefficient (Wildman–Crippen LogP) is 13.9. The molecule has 0 aliphatic rings. The lowest BCUT2D eigenvalue weighted by atomic mass is 10.0. The number of rotatable bonds is 45. The number of unbranched alkanes of at least 4 members (excludes halogenated alkanes) is 28. The third-order valence-electron chi connectivity index (χ3n) is 10.3. The van der Waals surface area contributed by atoms with Crippen LogP contribution in [-0.4, -0.2) is 49.3 Å². The fourth-order valence-electron chi connectivity index (χ4n) is 6.78. The molecule has 0 bridgehead atoms. The van der Waals surface area contributed by atoms with Crippen LogP contribution in [0.1, 0.15) is 232 Å². The first-order chi connectivity index (χ1) is 27.8. The number of carbonyl (C=O) groups is 2. The van der Waals surface area contributed by atoms with Crippen LogP contribution in [0.25, 0.3) is 0 Å². The van der Waals surface area contributed by atoms with Crippen LogP contribution in [0.5, 0.6) is 0 Å². The Morgan fingerprint density at radius 1 is 0.526 bits per heavy atom. The molecule has 336 valence electrons. The summed E-state index contributed by atoms with van der Waals surface area (Å²) in [6.07, 6.45) is 47.8. The van der Waals surface area contributed by atoms with Gasteiger partial charge in [0.15, 0.2) is 6.10 Å². The number of phosphoric ester groups is 1. The molecular weight excluding hydrogens is 737 g/mol. The summed E-state index contributed by atoms with van der Waals surface area (Å²) in [4.78, 5) is 34.9. The second-order valence-corrected chi connectivity index (χ2v) is 17.4. The molecule has 0 aromatic carbocycles. The fraction of sp³-hybridized carbons (Fsp3) is 0.872. The molecule has 0 aliphatic carbocycles. The molecule has 0 saturated carbocycles. The lowest BCUT2D eigenvalue weighted by Crippen LogP contribution is -2.29. The minimum Gasteiger partial charge on any atom is -0.462 e. The van der Waals surface area contributed by atoms with Crippen LogP contribution in [0.2, 0.25) is 0 Å². The molecule has 0 amide bonds. The maximum absolute atomic E-state index is 12.6. The van der Waals surface area contributed by atoms with Crippen molar-refractivity contribution in [2.75, 3.05) is 26.4 Å². The number of hydrogen-bond donors (Lipinski definition) is 2. The van der Waals surface area contributed by atoms with E-state index in [1.807, 2.05) is 0 Å². The van der Waals surface area contributed by atoms with Gasteiger partial charge in [0.25, 0.3) is 0 Å². The van der Waals surface area contributed by atoms with Crippen LogP contribution in [0.4, 0.5) is 0 Å². The van der Waals surface area contributed by atoms with Gasteiger partial charge in [-0.15, -0.1) is 0 Å². The second kappa shape index (κ2) is 44.1. The van der Waals surface area contributed by atoms with Crippen molar-refractivity contribution in [1.29, 1.82) is 0 Å². The Morgan fingerprint density at radius 3 is 1.37 bits per heavy atom. The smallest absolute Gasteiger partial charge is 0.462 e. The van der Waals surface area contributed by atoms with Crippen molar-refractivity contribution in [3.63, 3.8) is 0 Å². The summed E-state index contributed by atoms with van der Waals surface area (Å²) in [5.41, 5.74) is 5.35. The summed E-state index contributed by atoms with van der Waals surface area (Å²) in [6.45, 7) is 3.72. The van der Waals surface area contributed by atoms with Crippen molar-refractivity contribution in [2.24, 2.45) is 5.73 Å². The van der Waals surface area contributed by atoms with Gasteiger partial charge in [0, 0.05) is 19.4 Å². The molecule has 0 spiro atoms. The van der Waals surface area contributed by atoms with Crippen molar-refractivity contribution >= 4 is 19.8 Å². The highest BCUT2D eigenvalue weighted by molar-refractivity contribution is 7.47. The van der Waals surface area contributed by atoms with E-state index < -0.39 is 26.5 Å². The quantitative estimate of drug-likeness (QED) is 0.0266. The lowest BCUT2D eigenvalue weighted by Gasteiger charge is -2.19. The SMILES string of the molecule is CCCCCC=CCC=CCCCCCCCC(=O)OC(COC(=O)CCCCCCCCCCCCCCCCCCCCCCC)COP(=O)(O)OCCN. The highest BCUT2D eigenvalue weighted by Gasteiger charge is 2.26. The van der Waals surface area contributed by atoms with Crippen molar-refractivity contribution in [2.45, 2.75) is 238 Å². The molecule has 57 heavy (non-hydrogen) atoms. The first-order valence-corrected chi connectivity index (χ1v) is 25.3. The van der Waals surface area contributed by atoms with Gasteiger partial charge in [-0.3, -0.25) is 18.6 Å². The van der Waals surface area contributed by atoms with E-state index in [4.69, 9.17) is 24.3 Å². The largest absolute Gasteiger partial charge is 0.472 e. The van der Waals surface area contributed by atoms with Crippen LogP contribution in [0, 0.1) is 0 Å². The minimum atomic E-state index is -4.38. The van der Waals surface area contributed by atoms with Crippen molar-refractivity contribution in [3.05, 3.63) is 24.3 Å². The summed E-state index contributed by atoms with van der Waals surface area (Å²) in [5, 5.41) is 0. The molecule has 2 unspecified atom stereocenters. The number of esters is 2. The van der Waals surface area contributed by atoms with E-state index >= 15 is 0 Å². The molecule has 9 nitrogen and oxygen atoms in total. The molecule has 0 aliphatic heterocycles. The number of carbonyl (C=O) groups excluding carboxylic acids is 2. The van der Waals surface area contributed by atoms with Crippen molar-refractivity contribution in [3.8, 4) is 0 Å². The van der Waals surface area contributed by atoms with Gasteiger partial charge in [-0.25, -0.2) is 4.57 Å². The number of nitrogens with two attached hydrogens (primary N) is 1. The molecule has 10 heteroatoms. The molecule has 0 heterocycles. The molecule has 0 saturated heterocycles.